The average molecular weight is 383 g/mol. The van der Waals surface area contributed by atoms with E-state index in [4.69, 9.17) is 0 Å². The van der Waals surface area contributed by atoms with Crippen LogP contribution in [0.25, 0.3) is 0 Å². The minimum atomic E-state index is -0.355. The van der Waals surface area contributed by atoms with Gasteiger partial charge in [-0.05, 0) is 77.4 Å². The number of aryl methyl sites for hydroxylation is 1. The van der Waals surface area contributed by atoms with Gasteiger partial charge in [-0.15, -0.1) is 0 Å². The van der Waals surface area contributed by atoms with Crippen LogP contribution in [0.4, 0.5) is 11.4 Å². The number of carbonyl (C=O) groups excluding carboxylic acids is 2. The largest absolute Gasteiger partial charge is 0.372 e. The molecule has 150 valence electrons. The molecule has 0 aliphatic carbocycles. The molecule has 0 aliphatic heterocycles. The molecule has 0 saturated heterocycles. The van der Waals surface area contributed by atoms with Crippen LogP contribution in [-0.2, 0) is 0 Å². The zero-order chi connectivity index (χ0) is 20.9. The van der Waals surface area contributed by atoms with Crippen LogP contribution in [0.2, 0.25) is 0 Å². The zero-order valence-corrected chi connectivity index (χ0v) is 17.6. The number of benzene rings is 1. The third-order valence-corrected chi connectivity index (χ3v) is 4.33. The summed E-state index contributed by atoms with van der Waals surface area (Å²) in [5, 5.41) is 5.78. The Morgan fingerprint density at radius 1 is 1.04 bits per heavy atom. The van der Waals surface area contributed by atoms with E-state index < -0.39 is 0 Å². The van der Waals surface area contributed by atoms with Crippen molar-refractivity contribution in [3.63, 3.8) is 0 Å². The van der Waals surface area contributed by atoms with Crippen LogP contribution >= 0.6 is 0 Å². The van der Waals surface area contributed by atoms with Gasteiger partial charge in [-0.3, -0.25) is 14.6 Å². The fourth-order valence-corrected chi connectivity index (χ4v) is 2.87. The summed E-state index contributed by atoms with van der Waals surface area (Å²) in [5.74, 6) is -0.576. The third kappa shape index (κ3) is 5.55. The number of nitrogens with one attached hydrogen (secondary N) is 2. The molecule has 1 heterocycles. The van der Waals surface area contributed by atoms with Gasteiger partial charge in [0.1, 0.15) is 5.69 Å². The molecule has 1 aromatic carbocycles. The lowest BCUT2D eigenvalue weighted by Gasteiger charge is -2.22. The summed E-state index contributed by atoms with van der Waals surface area (Å²) in [6.07, 6.45) is 1.48. The van der Waals surface area contributed by atoms with Gasteiger partial charge in [0.2, 0.25) is 0 Å². The number of rotatable bonds is 6. The SMILES string of the molecule is CCN(CC)c1ccc(NC(=O)c2cc(C(=O)NC(C)(C)C)ccn2)c(C)c1. The molecule has 6 heteroatoms. The van der Waals surface area contributed by atoms with Crippen LogP contribution in [0, 0.1) is 6.92 Å². The molecule has 0 fully saturated rings. The normalized spacial score (nSPS) is 11.1. The second-order valence-electron chi connectivity index (χ2n) is 7.76. The van der Waals surface area contributed by atoms with Crippen molar-refractivity contribution in [1.29, 1.82) is 0 Å². The van der Waals surface area contributed by atoms with E-state index in [9.17, 15) is 9.59 Å². The summed E-state index contributed by atoms with van der Waals surface area (Å²) < 4.78 is 0. The van der Waals surface area contributed by atoms with Gasteiger partial charge in [0.05, 0.1) is 0 Å². The molecule has 6 nitrogen and oxygen atoms in total. The van der Waals surface area contributed by atoms with Crippen molar-refractivity contribution in [3.05, 3.63) is 53.3 Å². The third-order valence-electron chi connectivity index (χ3n) is 4.33. The molecular weight excluding hydrogens is 352 g/mol. The highest BCUT2D eigenvalue weighted by molar-refractivity contribution is 6.05. The molecule has 0 radical (unpaired) electrons. The van der Waals surface area contributed by atoms with Gasteiger partial charge in [-0.1, -0.05) is 0 Å². The molecule has 0 spiro atoms. The lowest BCUT2D eigenvalue weighted by Crippen LogP contribution is -2.40. The summed E-state index contributed by atoms with van der Waals surface area (Å²) in [6.45, 7) is 13.8. The van der Waals surface area contributed by atoms with Gasteiger partial charge in [0.15, 0.2) is 0 Å². The molecule has 0 unspecified atom stereocenters. The lowest BCUT2D eigenvalue weighted by atomic mass is 10.1. The van der Waals surface area contributed by atoms with Crippen LogP contribution in [0.15, 0.2) is 36.5 Å². The topological polar surface area (TPSA) is 74.3 Å². The minimum absolute atomic E-state index is 0.203. The average Bonchev–Trinajstić information content (AvgIpc) is 2.63. The molecule has 2 rings (SSSR count). The Balaban J connectivity index is 2.17. The molecule has 28 heavy (non-hydrogen) atoms. The highest BCUT2D eigenvalue weighted by atomic mass is 16.2. The molecule has 2 amide bonds. The number of amides is 2. The predicted molar refractivity (Wildman–Crippen MR) is 114 cm³/mol. The number of hydrogen-bond donors (Lipinski definition) is 2. The molecule has 2 N–H and O–H groups in total. The molecule has 0 aliphatic rings. The maximum atomic E-state index is 12.6. The molecule has 1 aromatic heterocycles. The maximum absolute atomic E-state index is 12.6. The number of anilines is 2. The zero-order valence-electron chi connectivity index (χ0n) is 17.6. The van der Waals surface area contributed by atoms with E-state index >= 15 is 0 Å². The highest BCUT2D eigenvalue weighted by Gasteiger charge is 2.17. The Morgan fingerprint density at radius 3 is 2.29 bits per heavy atom. The summed E-state index contributed by atoms with van der Waals surface area (Å²) in [6, 6.07) is 9.06. The number of carbonyl (C=O) groups is 2. The first-order chi connectivity index (χ1) is 13.1. The smallest absolute Gasteiger partial charge is 0.274 e. The fraction of sp³-hybridized carbons (Fsp3) is 0.409. The van der Waals surface area contributed by atoms with Crippen molar-refractivity contribution in [2.75, 3.05) is 23.3 Å². The minimum Gasteiger partial charge on any atom is -0.372 e. The number of nitrogens with zero attached hydrogens (tertiary/aromatic N) is 2. The lowest BCUT2D eigenvalue weighted by molar-refractivity contribution is 0.0919. The first kappa shape index (κ1) is 21.4. The predicted octanol–water partition coefficient (Wildman–Crippen LogP) is 4.02. The van der Waals surface area contributed by atoms with Crippen LogP contribution in [0.1, 0.15) is 61.0 Å². The fourth-order valence-electron chi connectivity index (χ4n) is 2.87. The van der Waals surface area contributed by atoms with Crippen LogP contribution in [0.5, 0.6) is 0 Å². The quantitative estimate of drug-likeness (QED) is 0.791. The van der Waals surface area contributed by atoms with Gasteiger partial charge in [0, 0.05) is 41.8 Å². The Hall–Kier alpha value is -2.89. The Morgan fingerprint density at radius 2 is 1.71 bits per heavy atom. The Kier molecular flexibility index (Phi) is 6.78. The first-order valence-electron chi connectivity index (χ1n) is 9.60. The van der Waals surface area contributed by atoms with E-state index in [1.165, 1.54) is 12.3 Å². The van der Waals surface area contributed by atoms with Gasteiger partial charge in [-0.25, -0.2) is 0 Å². The molecule has 0 bridgehead atoms. The summed E-state index contributed by atoms with van der Waals surface area (Å²) in [5.41, 5.74) is 3.08. The van der Waals surface area contributed by atoms with Crippen LogP contribution in [0.3, 0.4) is 0 Å². The van der Waals surface area contributed by atoms with Crippen molar-refractivity contribution in [3.8, 4) is 0 Å². The van der Waals surface area contributed by atoms with E-state index in [2.05, 4.69) is 40.4 Å². The standard InChI is InChI=1S/C22H30N4O2/c1-7-26(8-2)17-9-10-18(15(3)13-17)24-21(28)19-14-16(11-12-23-19)20(27)25-22(4,5)6/h9-14H,7-8H2,1-6H3,(H,24,28)(H,25,27). The molecule has 0 atom stereocenters. The summed E-state index contributed by atoms with van der Waals surface area (Å²) >= 11 is 0. The molecule has 2 aromatic rings. The van der Waals surface area contributed by atoms with E-state index in [0.29, 0.717) is 5.56 Å². The van der Waals surface area contributed by atoms with Gasteiger partial charge < -0.3 is 15.5 Å². The van der Waals surface area contributed by atoms with Crippen molar-refractivity contribution in [2.24, 2.45) is 0 Å². The number of aromatic nitrogens is 1. The van der Waals surface area contributed by atoms with Crippen molar-refractivity contribution in [1.82, 2.24) is 10.3 Å². The number of hydrogen-bond acceptors (Lipinski definition) is 4. The number of pyridine rings is 1. The summed E-state index contributed by atoms with van der Waals surface area (Å²) in [7, 11) is 0. The van der Waals surface area contributed by atoms with E-state index in [-0.39, 0.29) is 23.0 Å². The van der Waals surface area contributed by atoms with E-state index in [0.717, 1.165) is 30.0 Å². The Bertz CT molecular complexity index is 852. The monoisotopic (exact) mass is 382 g/mol. The van der Waals surface area contributed by atoms with E-state index in [1.54, 1.807) is 6.07 Å². The van der Waals surface area contributed by atoms with Gasteiger partial charge in [0.25, 0.3) is 11.8 Å². The van der Waals surface area contributed by atoms with Crippen molar-refractivity contribution in [2.45, 2.75) is 47.1 Å². The molecule has 0 saturated carbocycles. The second-order valence-corrected chi connectivity index (χ2v) is 7.76. The van der Waals surface area contributed by atoms with Crippen molar-refractivity contribution < 1.29 is 9.59 Å². The van der Waals surface area contributed by atoms with Gasteiger partial charge >= 0.3 is 0 Å². The van der Waals surface area contributed by atoms with Gasteiger partial charge in [-0.2, -0.15) is 0 Å². The van der Waals surface area contributed by atoms with Crippen molar-refractivity contribution >= 4 is 23.2 Å². The second kappa shape index (κ2) is 8.87. The van der Waals surface area contributed by atoms with E-state index in [1.807, 2.05) is 39.8 Å². The summed E-state index contributed by atoms with van der Waals surface area (Å²) in [4.78, 5) is 31.3. The van der Waals surface area contributed by atoms with Crippen LogP contribution < -0.4 is 15.5 Å². The first-order valence-corrected chi connectivity index (χ1v) is 9.60. The highest BCUT2D eigenvalue weighted by Crippen LogP contribution is 2.23. The Labute approximate surface area is 167 Å². The van der Waals surface area contributed by atoms with Crippen LogP contribution in [-0.4, -0.2) is 35.4 Å². The molecular formula is C22H30N4O2. The maximum Gasteiger partial charge on any atom is 0.274 e.